The summed E-state index contributed by atoms with van der Waals surface area (Å²) < 4.78 is 11.3. The molecule has 0 atom stereocenters. The molecule has 32 heavy (non-hydrogen) atoms. The van der Waals surface area contributed by atoms with Crippen molar-refractivity contribution < 1.29 is 14.3 Å². The maximum Gasteiger partial charge on any atom is 0.295 e. The highest BCUT2D eigenvalue weighted by atomic mass is 35.5. The first kappa shape index (κ1) is 22.4. The van der Waals surface area contributed by atoms with E-state index < -0.39 is 0 Å². The molecule has 0 aliphatic carbocycles. The fraction of sp³-hybridized carbons (Fsp3) is 0.381. The summed E-state index contributed by atoms with van der Waals surface area (Å²) in [4.78, 5) is 21.4. The van der Waals surface area contributed by atoms with Crippen molar-refractivity contribution in [3.63, 3.8) is 0 Å². The Bertz CT molecular complexity index is 1100. The standard InChI is InChI=1S/C21H23ClN6O3S/c1-12-18(30-2)17(14-5-8-24-16(22)9-14)15(10-25-12)19(29)26-20-27-28-21(32-20)31-11-13-3-6-23-7-4-13/h5,8-10,13,23H,3-4,6-7,11H2,1-2H3,(H,26,27,29). The maximum absolute atomic E-state index is 13.1. The first-order valence-corrected chi connectivity index (χ1v) is 11.4. The van der Waals surface area contributed by atoms with Gasteiger partial charge >= 0.3 is 0 Å². The molecule has 168 valence electrons. The van der Waals surface area contributed by atoms with E-state index >= 15 is 0 Å². The highest BCUT2D eigenvalue weighted by Gasteiger charge is 2.22. The van der Waals surface area contributed by atoms with E-state index in [0.717, 1.165) is 25.9 Å². The van der Waals surface area contributed by atoms with Crippen molar-refractivity contribution in [1.82, 2.24) is 25.5 Å². The van der Waals surface area contributed by atoms with E-state index in [9.17, 15) is 4.79 Å². The third kappa shape index (κ3) is 5.14. The van der Waals surface area contributed by atoms with E-state index in [4.69, 9.17) is 21.1 Å². The summed E-state index contributed by atoms with van der Waals surface area (Å²) in [5, 5.41) is 15.3. The Morgan fingerprint density at radius 1 is 1.31 bits per heavy atom. The third-order valence-corrected chi connectivity index (χ3v) is 6.16. The lowest BCUT2D eigenvalue weighted by atomic mass is 9.99. The largest absolute Gasteiger partial charge is 0.494 e. The summed E-state index contributed by atoms with van der Waals surface area (Å²) in [5.74, 6) is 0.599. The second-order valence-corrected chi connectivity index (χ2v) is 8.69. The number of anilines is 1. The number of aromatic nitrogens is 4. The van der Waals surface area contributed by atoms with Gasteiger partial charge in [-0.2, -0.15) is 0 Å². The van der Waals surface area contributed by atoms with E-state index in [2.05, 4.69) is 30.8 Å². The lowest BCUT2D eigenvalue weighted by molar-refractivity contribution is 0.102. The number of nitrogens with zero attached hydrogens (tertiary/aromatic N) is 4. The minimum atomic E-state index is -0.389. The van der Waals surface area contributed by atoms with Crippen LogP contribution in [0.2, 0.25) is 5.15 Å². The van der Waals surface area contributed by atoms with Crippen molar-refractivity contribution in [3.05, 3.63) is 40.9 Å². The van der Waals surface area contributed by atoms with E-state index in [1.165, 1.54) is 24.6 Å². The van der Waals surface area contributed by atoms with Crippen LogP contribution in [0.5, 0.6) is 10.9 Å². The molecule has 9 nitrogen and oxygen atoms in total. The van der Waals surface area contributed by atoms with E-state index in [-0.39, 0.29) is 5.91 Å². The average Bonchev–Trinajstić information content (AvgIpc) is 3.25. The molecular formula is C21H23ClN6O3S. The number of pyridine rings is 2. The minimum Gasteiger partial charge on any atom is -0.494 e. The normalized spacial score (nSPS) is 14.2. The van der Waals surface area contributed by atoms with Gasteiger partial charge in [0.15, 0.2) is 0 Å². The number of amides is 1. The first-order valence-electron chi connectivity index (χ1n) is 10.2. The number of piperidine rings is 1. The van der Waals surface area contributed by atoms with Gasteiger partial charge in [-0.3, -0.25) is 15.1 Å². The van der Waals surface area contributed by atoms with Crippen LogP contribution < -0.4 is 20.1 Å². The van der Waals surface area contributed by atoms with Gasteiger partial charge in [-0.25, -0.2) is 4.98 Å². The smallest absolute Gasteiger partial charge is 0.295 e. The molecule has 3 aromatic rings. The van der Waals surface area contributed by atoms with Gasteiger partial charge in [0.2, 0.25) is 5.13 Å². The van der Waals surface area contributed by atoms with Gasteiger partial charge in [-0.1, -0.05) is 16.7 Å². The highest BCUT2D eigenvalue weighted by molar-refractivity contribution is 7.17. The van der Waals surface area contributed by atoms with Gasteiger partial charge < -0.3 is 14.8 Å². The summed E-state index contributed by atoms with van der Waals surface area (Å²) in [6.07, 6.45) is 5.23. The molecule has 1 saturated heterocycles. The summed E-state index contributed by atoms with van der Waals surface area (Å²) >= 11 is 7.27. The first-order chi connectivity index (χ1) is 15.5. The Balaban J connectivity index is 1.53. The number of methoxy groups -OCH3 is 1. The van der Waals surface area contributed by atoms with E-state index in [1.54, 1.807) is 18.3 Å². The van der Waals surface area contributed by atoms with Gasteiger partial charge in [-0.05, 0) is 67.8 Å². The minimum absolute atomic E-state index is 0.310. The Kier molecular flexibility index (Phi) is 7.13. The average molecular weight is 475 g/mol. The van der Waals surface area contributed by atoms with E-state index in [1.807, 2.05) is 6.92 Å². The van der Waals surface area contributed by atoms with Crippen LogP contribution in [-0.4, -0.2) is 52.9 Å². The monoisotopic (exact) mass is 474 g/mol. The molecule has 0 bridgehead atoms. The number of halogens is 1. The number of aryl methyl sites for hydroxylation is 1. The number of ether oxygens (including phenoxy) is 2. The van der Waals surface area contributed by atoms with Crippen molar-refractivity contribution in [2.24, 2.45) is 5.92 Å². The predicted octanol–water partition coefficient (Wildman–Crippen LogP) is 3.60. The van der Waals surface area contributed by atoms with Crippen molar-refractivity contribution in [3.8, 4) is 22.1 Å². The number of carbonyl (C=O) groups excluding carboxylic acids is 1. The van der Waals surface area contributed by atoms with Gasteiger partial charge in [0.05, 0.1) is 25.0 Å². The molecule has 1 aliphatic rings. The predicted molar refractivity (Wildman–Crippen MR) is 123 cm³/mol. The fourth-order valence-electron chi connectivity index (χ4n) is 3.57. The van der Waals surface area contributed by atoms with Crippen LogP contribution >= 0.6 is 22.9 Å². The molecule has 3 aromatic heterocycles. The molecule has 1 aliphatic heterocycles. The summed E-state index contributed by atoms with van der Waals surface area (Å²) in [6.45, 7) is 4.41. The van der Waals surface area contributed by atoms with Crippen LogP contribution in [0.1, 0.15) is 28.9 Å². The second kappa shape index (κ2) is 10.2. The Morgan fingerprint density at radius 3 is 2.88 bits per heavy atom. The Morgan fingerprint density at radius 2 is 2.12 bits per heavy atom. The number of carbonyl (C=O) groups is 1. The lowest BCUT2D eigenvalue weighted by Crippen LogP contribution is -2.30. The molecular weight excluding hydrogens is 452 g/mol. The van der Waals surface area contributed by atoms with Crippen molar-refractivity contribution >= 4 is 34.0 Å². The third-order valence-electron chi connectivity index (χ3n) is 5.20. The molecule has 11 heteroatoms. The number of hydrogen-bond donors (Lipinski definition) is 2. The van der Waals surface area contributed by atoms with E-state index in [0.29, 0.717) is 56.1 Å². The molecule has 1 fully saturated rings. The summed E-state index contributed by atoms with van der Waals surface area (Å²) in [5.41, 5.74) is 2.24. The number of rotatable bonds is 7. The molecule has 0 radical (unpaired) electrons. The zero-order chi connectivity index (χ0) is 22.5. The molecule has 4 rings (SSSR count). The quantitative estimate of drug-likeness (QED) is 0.500. The van der Waals surface area contributed by atoms with Crippen LogP contribution in [0.3, 0.4) is 0 Å². The molecule has 1 amide bonds. The molecule has 2 N–H and O–H groups in total. The maximum atomic E-state index is 13.1. The van der Waals surface area contributed by atoms with Crippen LogP contribution in [0, 0.1) is 12.8 Å². The second-order valence-electron chi connectivity index (χ2n) is 7.36. The summed E-state index contributed by atoms with van der Waals surface area (Å²) in [7, 11) is 1.54. The van der Waals surface area contributed by atoms with Crippen molar-refractivity contribution in [2.75, 3.05) is 32.1 Å². The molecule has 0 spiro atoms. The van der Waals surface area contributed by atoms with Crippen LogP contribution in [-0.2, 0) is 0 Å². The van der Waals surface area contributed by atoms with Gasteiger partial charge in [0.25, 0.3) is 11.1 Å². The SMILES string of the molecule is COc1c(C)ncc(C(=O)Nc2nnc(OCC3CCNCC3)s2)c1-c1ccnc(Cl)c1. The highest BCUT2D eigenvalue weighted by Crippen LogP contribution is 2.36. The number of hydrogen-bond acceptors (Lipinski definition) is 9. The van der Waals surface area contributed by atoms with Crippen LogP contribution in [0.4, 0.5) is 5.13 Å². The van der Waals surface area contributed by atoms with Gasteiger partial charge in [-0.15, -0.1) is 5.10 Å². The van der Waals surface area contributed by atoms with Gasteiger partial charge in [0.1, 0.15) is 10.9 Å². The zero-order valence-corrected chi connectivity index (χ0v) is 19.3. The molecule has 0 aromatic carbocycles. The lowest BCUT2D eigenvalue weighted by Gasteiger charge is -2.21. The number of nitrogens with one attached hydrogen (secondary N) is 2. The molecule has 4 heterocycles. The Hall–Kier alpha value is -2.82. The van der Waals surface area contributed by atoms with Crippen LogP contribution in [0.25, 0.3) is 11.1 Å². The molecule has 0 saturated carbocycles. The van der Waals surface area contributed by atoms with Gasteiger partial charge in [0, 0.05) is 18.0 Å². The van der Waals surface area contributed by atoms with Crippen LogP contribution in [0.15, 0.2) is 24.5 Å². The Labute approximate surface area is 194 Å². The topological polar surface area (TPSA) is 111 Å². The fourth-order valence-corrected chi connectivity index (χ4v) is 4.35. The van der Waals surface area contributed by atoms with Crippen molar-refractivity contribution in [1.29, 1.82) is 0 Å². The zero-order valence-electron chi connectivity index (χ0n) is 17.7. The summed E-state index contributed by atoms with van der Waals surface area (Å²) in [6, 6.07) is 3.44. The van der Waals surface area contributed by atoms with Crippen molar-refractivity contribution in [2.45, 2.75) is 19.8 Å². The molecule has 0 unspecified atom stereocenters.